The summed E-state index contributed by atoms with van der Waals surface area (Å²) in [5.41, 5.74) is 1.93. The molecule has 1 fully saturated rings. The minimum atomic E-state index is -0.423. The molecular weight excluding hydrogens is 392 g/mol. The van der Waals surface area contributed by atoms with Crippen LogP contribution in [0.3, 0.4) is 0 Å². The molecule has 0 unspecified atom stereocenters. The monoisotopic (exact) mass is 406 g/mol. The molecule has 1 aliphatic rings. The van der Waals surface area contributed by atoms with E-state index in [2.05, 4.69) is 0 Å². The maximum Gasteiger partial charge on any atom is 0.272 e. The standard InChI is InChI=1S/C21H14N2O3S2/c1-13-9-10-14(11-18(13)23(25)26)12-19-20(24)22(21(27)28-19)17-8-4-6-15-5-2-3-7-16(15)17/h2-12H,1H3. The van der Waals surface area contributed by atoms with Crippen molar-refractivity contribution >= 4 is 62.4 Å². The van der Waals surface area contributed by atoms with Crippen molar-refractivity contribution in [3.05, 3.63) is 86.8 Å². The van der Waals surface area contributed by atoms with Crippen LogP contribution in [0.25, 0.3) is 16.8 Å². The zero-order valence-corrected chi connectivity index (χ0v) is 16.4. The Balaban J connectivity index is 1.75. The van der Waals surface area contributed by atoms with E-state index in [-0.39, 0.29) is 11.6 Å². The normalized spacial score (nSPS) is 15.6. The first-order valence-electron chi connectivity index (χ1n) is 8.46. The quantitative estimate of drug-likeness (QED) is 0.250. The molecule has 7 heteroatoms. The Labute approximate surface area is 170 Å². The summed E-state index contributed by atoms with van der Waals surface area (Å²) in [6.07, 6.45) is 1.65. The van der Waals surface area contributed by atoms with Crippen LogP contribution in [0, 0.1) is 17.0 Å². The van der Waals surface area contributed by atoms with Gasteiger partial charge in [-0.05, 0) is 30.0 Å². The Morgan fingerprint density at radius 3 is 2.64 bits per heavy atom. The van der Waals surface area contributed by atoms with Crippen LogP contribution in [0.2, 0.25) is 0 Å². The third kappa shape index (κ3) is 3.19. The highest BCUT2D eigenvalue weighted by molar-refractivity contribution is 8.27. The molecule has 1 heterocycles. The molecule has 0 radical (unpaired) electrons. The number of hydrogen-bond donors (Lipinski definition) is 0. The van der Waals surface area contributed by atoms with E-state index in [0.717, 1.165) is 16.5 Å². The largest absolute Gasteiger partial charge is 0.272 e. The summed E-state index contributed by atoms with van der Waals surface area (Å²) in [4.78, 5) is 25.8. The van der Waals surface area contributed by atoms with Crippen LogP contribution in [0.4, 0.5) is 11.4 Å². The number of nitrogens with zero attached hydrogens (tertiary/aromatic N) is 2. The number of thiocarbonyl (C=S) groups is 1. The lowest BCUT2D eigenvalue weighted by Gasteiger charge is -2.17. The summed E-state index contributed by atoms with van der Waals surface area (Å²) in [6.45, 7) is 1.68. The number of amides is 1. The first-order valence-corrected chi connectivity index (χ1v) is 9.69. The van der Waals surface area contributed by atoms with Gasteiger partial charge in [-0.1, -0.05) is 72.5 Å². The number of nitro benzene ring substituents is 1. The van der Waals surface area contributed by atoms with E-state index < -0.39 is 4.92 Å². The van der Waals surface area contributed by atoms with Gasteiger partial charge in [0.05, 0.1) is 15.5 Å². The molecule has 1 aliphatic heterocycles. The molecule has 3 aromatic carbocycles. The number of hydrogen-bond acceptors (Lipinski definition) is 5. The third-order valence-corrected chi connectivity index (χ3v) is 5.83. The summed E-state index contributed by atoms with van der Waals surface area (Å²) < 4.78 is 0.439. The van der Waals surface area contributed by atoms with Crippen molar-refractivity contribution in [1.29, 1.82) is 0 Å². The van der Waals surface area contributed by atoms with Crippen LogP contribution in [-0.2, 0) is 4.79 Å². The van der Waals surface area contributed by atoms with Gasteiger partial charge in [-0.15, -0.1) is 0 Å². The zero-order chi connectivity index (χ0) is 19.8. The molecule has 138 valence electrons. The van der Waals surface area contributed by atoms with E-state index in [9.17, 15) is 14.9 Å². The van der Waals surface area contributed by atoms with Gasteiger partial charge in [0.2, 0.25) is 0 Å². The number of benzene rings is 3. The van der Waals surface area contributed by atoms with Crippen molar-refractivity contribution in [2.75, 3.05) is 4.90 Å². The van der Waals surface area contributed by atoms with Crippen molar-refractivity contribution in [3.8, 4) is 0 Å². The predicted octanol–water partition coefficient (Wildman–Crippen LogP) is 5.46. The van der Waals surface area contributed by atoms with Crippen molar-refractivity contribution in [3.63, 3.8) is 0 Å². The summed E-state index contributed by atoms with van der Waals surface area (Å²) in [5.74, 6) is -0.227. The van der Waals surface area contributed by atoms with Crippen LogP contribution in [0.15, 0.2) is 65.6 Å². The fraction of sp³-hybridized carbons (Fsp3) is 0.0476. The Hall–Kier alpha value is -3.03. The molecule has 0 atom stereocenters. The Kier molecular flexibility index (Phi) is 4.70. The number of carbonyl (C=O) groups excluding carboxylic acids is 1. The molecule has 0 bridgehead atoms. The molecule has 0 N–H and O–H groups in total. The van der Waals surface area contributed by atoms with E-state index in [1.807, 2.05) is 42.5 Å². The molecule has 0 saturated carbocycles. The number of fused-ring (bicyclic) bond motifs is 1. The molecule has 4 rings (SSSR count). The zero-order valence-electron chi connectivity index (χ0n) is 14.8. The number of carbonyl (C=O) groups is 1. The minimum absolute atomic E-state index is 0.0262. The molecule has 3 aromatic rings. The highest BCUT2D eigenvalue weighted by atomic mass is 32.2. The van der Waals surface area contributed by atoms with Crippen LogP contribution in [0.1, 0.15) is 11.1 Å². The number of rotatable bonds is 3. The van der Waals surface area contributed by atoms with Crippen LogP contribution in [-0.4, -0.2) is 15.2 Å². The topological polar surface area (TPSA) is 63.5 Å². The van der Waals surface area contributed by atoms with Crippen molar-refractivity contribution in [1.82, 2.24) is 0 Å². The molecule has 5 nitrogen and oxygen atoms in total. The first-order chi connectivity index (χ1) is 13.5. The summed E-state index contributed by atoms with van der Waals surface area (Å²) in [7, 11) is 0. The number of thioether (sulfide) groups is 1. The molecule has 1 saturated heterocycles. The minimum Gasteiger partial charge on any atom is -0.268 e. The van der Waals surface area contributed by atoms with E-state index in [0.29, 0.717) is 20.4 Å². The third-order valence-electron chi connectivity index (χ3n) is 4.53. The lowest BCUT2D eigenvalue weighted by atomic mass is 10.1. The maximum atomic E-state index is 13.1. The lowest BCUT2D eigenvalue weighted by molar-refractivity contribution is -0.385. The van der Waals surface area contributed by atoms with Crippen molar-refractivity contribution in [2.24, 2.45) is 0 Å². The van der Waals surface area contributed by atoms with Crippen LogP contribution >= 0.6 is 24.0 Å². The fourth-order valence-electron chi connectivity index (χ4n) is 3.14. The van der Waals surface area contributed by atoms with Gasteiger partial charge in [0.15, 0.2) is 4.32 Å². The number of nitro groups is 1. The highest BCUT2D eigenvalue weighted by Gasteiger charge is 2.34. The highest BCUT2D eigenvalue weighted by Crippen LogP contribution is 2.39. The second-order valence-corrected chi connectivity index (χ2v) is 7.99. The number of aryl methyl sites for hydroxylation is 1. The van der Waals surface area contributed by atoms with Gasteiger partial charge < -0.3 is 0 Å². The number of anilines is 1. The Morgan fingerprint density at radius 1 is 1.11 bits per heavy atom. The summed E-state index contributed by atoms with van der Waals surface area (Å²) in [5, 5.41) is 13.1. The maximum absolute atomic E-state index is 13.1. The van der Waals surface area contributed by atoms with Crippen LogP contribution in [0.5, 0.6) is 0 Å². The predicted molar refractivity (Wildman–Crippen MR) is 117 cm³/mol. The van der Waals surface area contributed by atoms with E-state index in [4.69, 9.17) is 12.2 Å². The molecule has 28 heavy (non-hydrogen) atoms. The van der Waals surface area contributed by atoms with Gasteiger partial charge in [0.1, 0.15) is 0 Å². The molecule has 1 amide bonds. The molecular formula is C21H14N2O3S2. The van der Waals surface area contributed by atoms with E-state index >= 15 is 0 Å². The van der Waals surface area contributed by atoms with Crippen LogP contribution < -0.4 is 4.90 Å². The van der Waals surface area contributed by atoms with E-state index in [1.165, 1.54) is 22.7 Å². The fourth-order valence-corrected chi connectivity index (χ4v) is 4.43. The van der Waals surface area contributed by atoms with Crippen molar-refractivity contribution in [2.45, 2.75) is 6.92 Å². The van der Waals surface area contributed by atoms with E-state index in [1.54, 1.807) is 25.1 Å². The summed E-state index contributed by atoms with van der Waals surface area (Å²) in [6, 6.07) is 18.5. The average Bonchev–Trinajstić information content (AvgIpc) is 2.96. The second-order valence-electron chi connectivity index (χ2n) is 6.32. The average molecular weight is 406 g/mol. The van der Waals surface area contributed by atoms with Gasteiger partial charge in [-0.3, -0.25) is 19.8 Å². The molecule has 0 spiro atoms. The smallest absolute Gasteiger partial charge is 0.268 e. The SMILES string of the molecule is Cc1ccc(C=C2SC(=S)N(c3cccc4ccccc34)C2=O)cc1[N+](=O)[O-]. The second kappa shape index (κ2) is 7.18. The van der Waals surface area contributed by atoms with Gasteiger partial charge in [0.25, 0.3) is 11.6 Å². The lowest BCUT2D eigenvalue weighted by Crippen LogP contribution is -2.27. The van der Waals surface area contributed by atoms with Gasteiger partial charge in [0, 0.05) is 17.0 Å². The van der Waals surface area contributed by atoms with Crippen molar-refractivity contribution < 1.29 is 9.72 Å². The Bertz CT molecular complexity index is 1180. The van der Waals surface area contributed by atoms with Gasteiger partial charge in [-0.25, -0.2) is 0 Å². The van der Waals surface area contributed by atoms with Gasteiger partial charge in [-0.2, -0.15) is 0 Å². The Morgan fingerprint density at radius 2 is 1.86 bits per heavy atom. The summed E-state index contributed by atoms with van der Waals surface area (Å²) >= 11 is 6.66. The molecule has 0 aromatic heterocycles. The molecule has 0 aliphatic carbocycles. The van der Waals surface area contributed by atoms with Gasteiger partial charge >= 0.3 is 0 Å². The first kappa shape index (κ1) is 18.3.